The number of rotatable bonds is 5. The number of carboxylic acid groups (broad SMARTS) is 1. The van der Waals surface area contributed by atoms with E-state index >= 15 is 0 Å². The van der Waals surface area contributed by atoms with Gasteiger partial charge in [0.1, 0.15) is 0 Å². The Kier molecular flexibility index (Phi) is 4.70. The van der Waals surface area contributed by atoms with Crippen molar-refractivity contribution in [2.24, 2.45) is 5.92 Å². The molecule has 1 aliphatic heterocycles. The van der Waals surface area contributed by atoms with Crippen LogP contribution in [0.15, 0.2) is 24.3 Å². The van der Waals surface area contributed by atoms with E-state index in [1.165, 1.54) is 0 Å². The molecular formula is C14H18N2O4. The second-order valence-corrected chi connectivity index (χ2v) is 4.80. The van der Waals surface area contributed by atoms with Crippen LogP contribution in [-0.4, -0.2) is 43.3 Å². The molecule has 1 aromatic carbocycles. The fourth-order valence-corrected chi connectivity index (χ4v) is 2.21. The third kappa shape index (κ3) is 3.55. The number of nitrogens with one attached hydrogen (secondary N) is 2. The molecule has 3 N–H and O–H groups in total. The van der Waals surface area contributed by atoms with Crippen molar-refractivity contribution >= 4 is 17.6 Å². The van der Waals surface area contributed by atoms with Crippen LogP contribution in [0.5, 0.6) is 0 Å². The molecule has 1 amide bonds. The highest BCUT2D eigenvalue weighted by atomic mass is 16.5. The summed E-state index contributed by atoms with van der Waals surface area (Å²) >= 11 is 0. The minimum absolute atomic E-state index is 0.0213. The zero-order valence-corrected chi connectivity index (χ0v) is 11.3. The molecule has 6 nitrogen and oxygen atoms in total. The third-order valence-electron chi connectivity index (χ3n) is 3.36. The van der Waals surface area contributed by atoms with Crippen molar-refractivity contribution in [2.45, 2.75) is 12.5 Å². The predicted octanol–water partition coefficient (Wildman–Crippen LogP) is 0.487. The van der Waals surface area contributed by atoms with E-state index in [0.717, 1.165) is 0 Å². The smallest absolute Gasteiger partial charge is 0.307 e. The standard InChI is InChI=1S/C14H18N2O4/c1-15-12-8-20-7-11(12)14(19)16-10-4-2-9(3-5-10)6-13(17)18/h2-5,11-12,15H,6-8H2,1H3,(H,16,19)(H,17,18). The van der Waals surface area contributed by atoms with E-state index in [4.69, 9.17) is 9.84 Å². The van der Waals surface area contributed by atoms with Gasteiger partial charge >= 0.3 is 5.97 Å². The van der Waals surface area contributed by atoms with Crippen molar-refractivity contribution in [3.05, 3.63) is 29.8 Å². The summed E-state index contributed by atoms with van der Waals surface area (Å²) in [5.41, 5.74) is 1.36. The molecule has 108 valence electrons. The van der Waals surface area contributed by atoms with E-state index in [9.17, 15) is 9.59 Å². The average Bonchev–Trinajstić information content (AvgIpc) is 2.89. The number of anilines is 1. The Morgan fingerprint density at radius 1 is 1.30 bits per heavy atom. The molecule has 1 fully saturated rings. The zero-order chi connectivity index (χ0) is 14.5. The quantitative estimate of drug-likeness (QED) is 0.729. The van der Waals surface area contributed by atoms with Crippen molar-refractivity contribution in [1.82, 2.24) is 5.32 Å². The van der Waals surface area contributed by atoms with Gasteiger partial charge in [-0.2, -0.15) is 0 Å². The molecular weight excluding hydrogens is 260 g/mol. The summed E-state index contributed by atoms with van der Waals surface area (Å²) in [4.78, 5) is 22.7. The van der Waals surface area contributed by atoms with Crippen LogP contribution in [0.1, 0.15) is 5.56 Å². The third-order valence-corrected chi connectivity index (χ3v) is 3.36. The first kappa shape index (κ1) is 14.5. The predicted molar refractivity (Wildman–Crippen MR) is 73.6 cm³/mol. The molecule has 1 heterocycles. The van der Waals surface area contributed by atoms with Gasteiger partial charge in [0.2, 0.25) is 5.91 Å². The average molecular weight is 278 g/mol. The fourth-order valence-electron chi connectivity index (χ4n) is 2.21. The number of ether oxygens (including phenoxy) is 1. The summed E-state index contributed by atoms with van der Waals surface area (Å²) in [6.45, 7) is 0.945. The summed E-state index contributed by atoms with van der Waals surface area (Å²) in [6.07, 6.45) is -0.0213. The molecule has 1 saturated heterocycles. The molecule has 6 heteroatoms. The number of likely N-dealkylation sites (N-methyl/N-ethyl adjacent to an activating group) is 1. The van der Waals surface area contributed by atoms with Crippen molar-refractivity contribution in [3.63, 3.8) is 0 Å². The summed E-state index contributed by atoms with van der Waals surface area (Å²) in [5, 5.41) is 14.6. The Labute approximate surface area is 117 Å². The van der Waals surface area contributed by atoms with Gasteiger partial charge in [-0.05, 0) is 24.7 Å². The van der Waals surface area contributed by atoms with Gasteiger partial charge < -0.3 is 20.5 Å². The molecule has 1 aromatic rings. The first-order valence-corrected chi connectivity index (χ1v) is 6.46. The van der Waals surface area contributed by atoms with Gasteiger partial charge in [-0.15, -0.1) is 0 Å². The number of carboxylic acids is 1. The summed E-state index contributed by atoms with van der Waals surface area (Å²) in [6, 6.07) is 6.84. The first-order valence-electron chi connectivity index (χ1n) is 6.46. The molecule has 20 heavy (non-hydrogen) atoms. The number of carbonyl (C=O) groups is 2. The number of hydrogen-bond donors (Lipinski definition) is 3. The Hall–Kier alpha value is -1.92. The van der Waals surface area contributed by atoms with E-state index < -0.39 is 5.97 Å². The molecule has 0 spiro atoms. The second kappa shape index (κ2) is 6.49. The lowest BCUT2D eigenvalue weighted by atomic mass is 10.0. The Bertz CT molecular complexity index is 486. The highest BCUT2D eigenvalue weighted by Gasteiger charge is 2.32. The zero-order valence-electron chi connectivity index (χ0n) is 11.3. The molecule has 0 radical (unpaired) electrons. The Morgan fingerprint density at radius 3 is 2.60 bits per heavy atom. The number of benzene rings is 1. The van der Waals surface area contributed by atoms with Gasteiger partial charge in [0.15, 0.2) is 0 Å². The van der Waals surface area contributed by atoms with Crippen LogP contribution in [0.25, 0.3) is 0 Å². The maximum absolute atomic E-state index is 12.1. The lowest BCUT2D eigenvalue weighted by Gasteiger charge is -2.16. The van der Waals surface area contributed by atoms with E-state index in [1.807, 2.05) is 0 Å². The van der Waals surface area contributed by atoms with Gasteiger partial charge in [0.05, 0.1) is 25.6 Å². The minimum atomic E-state index is -0.873. The van der Waals surface area contributed by atoms with Crippen LogP contribution in [0.2, 0.25) is 0 Å². The van der Waals surface area contributed by atoms with Gasteiger partial charge in [0, 0.05) is 11.7 Å². The molecule has 2 unspecified atom stereocenters. The Morgan fingerprint density at radius 2 is 2.00 bits per heavy atom. The van der Waals surface area contributed by atoms with Crippen LogP contribution < -0.4 is 10.6 Å². The minimum Gasteiger partial charge on any atom is -0.481 e. The maximum Gasteiger partial charge on any atom is 0.307 e. The SMILES string of the molecule is CNC1COCC1C(=O)Nc1ccc(CC(=O)O)cc1. The summed E-state index contributed by atoms with van der Waals surface area (Å²) in [5.74, 6) is -1.17. The van der Waals surface area contributed by atoms with Gasteiger partial charge in [-0.25, -0.2) is 0 Å². The van der Waals surface area contributed by atoms with E-state index in [0.29, 0.717) is 24.5 Å². The summed E-state index contributed by atoms with van der Waals surface area (Å²) in [7, 11) is 1.81. The lowest BCUT2D eigenvalue weighted by molar-refractivity contribution is -0.136. The van der Waals surface area contributed by atoms with Crippen LogP contribution in [0.3, 0.4) is 0 Å². The molecule has 0 bridgehead atoms. The van der Waals surface area contributed by atoms with E-state index in [-0.39, 0.29) is 24.3 Å². The lowest BCUT2D eigenvalue weighted by Crippen LogP contribution is -2.39. The summed E-state index contributed by atoms with van der Waals surface area (Å²) < 4.78 is 5.29. The van der Waals surface area contributed by atoms with Gasteiger partial charge in [-0.3, -0.25) is 9.59 Å². The fraction of sp³-hybridized carbons (Fsp3) is 0.429. The van der Waals surface area contributed by atoms with Crippen molar-refractivity contribution in [1.29, 1.82) is 0 Å². The number of carbonyl (C=O) groups excluding carboxylic acids is 1. The maximum atomic E-state index is 12.1. The molecule has 1 aliphatic rings. The van der Waals surface area contributed by atoms with E-state index in [1.54, 1.807) is 31.3 Å². The van der Waals surface area contributed by atoms with Gasteiger partial charge in [0.25, 0.3) is 0 Å². The first-order chi connectivity index (χ1) is 9.60. The van der Waals surface area contributed by atoms with Crippen LogP contribution in [-0.2, 0) is 20.7 Å². The van der Waals surface area contributed by atoms with Crippen molar-refractivity contribution < 1.29 is 19.4 Å². The highest BCUT2D eigenvalue weighted by molar-refractivity contribution is 5.93. The topological polar surface area (TPSA) is 87.7 Å². The largest absolute Gasteiger partial charge is 0.481 e. The highest BCUT2D eigenvalue weighted by Crippen LogP contribution is 2.17. The van der Waals surface area contributed by atoms with Crippen molar-refractivity contribution in [3.8, 4) is 0 Å². The van der Waals surface area contributed by atoms with Crippen LogP contribution >= 0.6 is 0 Å². The van der Waals surface area contributed by atoms with Crippen LogP contribution in [0, 0.1) is 5.92 Å². The van der Waals surface area contributed by atoms with Gasteiger partial charge in [-0.1, -0.05) is 12.1 Å². The second-order valence-electron chi connectivity index (χ2n) is 4.80. The molecule has 0 saturated carbocycles. The van der Waals surface area contributed by atoms with Crippen molar-refractivity contribution in [2.75, 3.05) is 25.6 Å². The number of aliphatic carboxylic acids is 1. The molecule has 2 rings (SSSR count). The molecule has 2 atom stereocenters. The number of amides is 1. The molecule has 0 aliphatic carbocycles. The Balaban J connectivity index is 1.95. The van der Waals surface area contributed by atoms with Crippen LogP contribution in [0.4, 0.5) is 5.69 Å². The van der Waals surface area contributed by atoms with E-state index in [2.05, 4.69) is 10.6 Å². The monoisotopic (exact) mass is 278 g/mol. The molecule has 0 aromatic heterocycles. The normalized spacial score (nSPS) is 21.6. The number of hydrogen-bond acceptors (Lipinski definition) is 4.